The van der Waals surface area contributed by atoms with E-state index in [0.29, 0.717) is 12.8 Å². The summed E-state index contributed by atoms with van der Waals surface area (Å²) in [6.45, 7) is 6.53. The number of ketones is 2. The molecule has 0 unspecified atom stereocenters. The van der Waals surface area contributed by atoms with Gasteiger partial charge in [-0.3, -0.25) is 14.4 Å². The summed E-state index contributed by atoms with van der Waals surface area (Å²) < 4.78 is 4.93. The fourth-order valence-electron chi connectivity index (χ4n) is 6.82. The average molecular weight is 467 g/mol. The predicted molar refractivity (Wildman–Crippen MR) is 118 cm³/mol. The Hall–Kier alpha value is -1.43. The fraction of sp³-hybridized carbons (Fsp3) is 0.625. The van der Waals surface area contributed by atoms with Gasteiger partial charge in [0.2, 0.25) is 5.78 Å². The molecule has 31 heavy (non-hydrogen) atoms. The highest BCUT2D eigenvalue weighted by atomic mass is 35.5. The van der Waals surface area contributed by atoms with E-state index in [0.717, 1.165) is 5.57 Å². The summed E-state index contributed by atoms with van der Waals surface area (Å²) in [5.41, 5.74) is -2.34. The van der Waals surface area contributed by atoms with E-state index in [1.165, 1.54) is 13.0 Å². The van der Waals surface area contributed by atoms with E-state index in [2.05, 4.69) is 0 Å². The standard InChI is InChI=1S/C24H28Cl2O5/c1-13-9-18-17-6-5-15-10-16(28)7-8-21(15,3)23(17,26)19(25)11-22(18,4)24(13,30)20(29)12-31-14(2)27/h5-8,10,13,17-19,30H,9,11-12H2,1-4H3/t13-,17+,18+,19+,21+,22+,23+,24+/m1/s1. The number of fused-ring (bicyclic) bond motifs is 5. The number of alkyl halides is 2. The van der Waals surface area contributed by atoms with Crippen LogP contribution in [0, 0.1) is 28.6 Å². The molecule has 4 rings (SSSR count). The Morgan fingerprint density at radius 1 is 1.29 bits per heavy atom. The number of hydrogen-bond acceptors (Lipinski definition) is 5. The molecule has 0 spiro atoms. The Morgan fingerprint density at radius 3 is 2.61 bits per heavy atom. The molecular weight excluding hydrogens is 439 g/mol. The molecule has 0 saturated heterocycles. The van der Waals surface area contributed by atoms with Gasteiger partial charge in [0, 0.05) is 23.7 Å². The zero-order valence-corrected chi connectivity index (χ0v) is 19.7. The number of carbonyl (C=O) groups is 3. The number of rotatable bonds is 3. The van der Waals surface area contributed by atoms with Crippen LogP contribution < -0.4 is 0 Å². The predicted octanol–water partition coefficient (Wildman–Crippen LogP) is 3.76. The van der Waals surface area contributed by atoms with Crippen LogP contribution in [0.15, 0.2) is 36.0 Å². The van der Waals surface area contributed by atoms with Crippen molar-refractivity contribution in [3.8, 4) is 0 Å². The molecular formula is C24H28Cl2O5. The van der Waals surface area contributed by atoms with Gasteiger partial charge in [0.25, 0.3) is 0 Å². The Kier molecular flexibility index (Phi) is 5.16. The molecule has 4 aliphatic rings. The number of hydrogen-bond donors (Lipinski definition) is 1. The highest BCUT2D eigenvalue weighted by Crippen LogP contribution is 2.71. The van der Waals surface area contributed by atoms with Gasteiger partial charge in [-0.25, -0.2) is 0 Å². The lowest BCUT2D eigenvalue weighted by Crippen LogP contribution is -2.67. The summed E-state index contributed by atoms with van der Waals surface area (Å²) in [6, 6.07) is 0. The van der Waals surface area contributed by atoms with Crippen LogP contribution in [-0.4, -0.2) is 45.1 Å². The van der Waals surface area contributed by atoms with Gasteiger partial charge in [0.05, 0.1) is 10.3 Å². The molecule has 0 aromatic carbocycles. The van der Waals surface area contributed by atoms with Gasteiger partial charge in [-0.05, 0) is 42.4 Å². The highest BCUT2D eigenvalue weighted by molar-refractivity contribution is 6.34. The van der Waals surface area contributed by atoms with Gasteiger partial charge < -0.3 is 9.84 Å². The first-order valence-corrected chi connectivity index (χ1v) is 11.5. The fourth-order valence-corrected chi connectivity index (χ4v) is 7.99. The van der Waals surface area contributed by atoms with Crippen molar-refractivity contribution in [2.45, 2.75) is 56.4 Å². The smallest absolute Gasteiger partial charge is 0.303 e. The van der Waals surface area contributed by atoms with Crippen molar-refractivity contribution in [1.29, 1.82) is 0 Å². The molecule has 1 N–H and O–H groups in total. The van der Waals surface area contributed by atoms with Crippen molar-refractivity contribution >= 4 is 40.7 Å². The van der Waals surface area contributed by atoms with Crippen molar-refractivity contribution in [1.82, 2.24) is 0 Å². The molecule has 0 radical (unpaired) electrons. The normalized spacial score (nSPS) is 47.8. The van der Waals surface area contributed by atoms with Gasteiger partial charge in [-0.2, -0.15) is 0 Å². The maximum absolute atomic E-state index is 13.1. The van der Waals surface area contributed by atoms with E-state index >= 15 is 0 Å². The summed E-state index contributed by atoms with van der Waals surface area (Å²) >= 11 is 14.4. The molecule has 0 heterocycles. The van der Waals surface area contributed by atoms with Crippen molar-refractivity contribution in [3.63, 3.8) is 0 Å². The molecule has 0 aliphatic heterocycles. The number of carbonyl (C=O) groups excluding carboxylic acids is 3. The number of esters is 1. The van der Waals surface area contributed by atoms with Crippen LogP contribution in [-0.2, 0) is 19.1 Å². The summed E-state index contributed by atoms with van der Waals surface area (Å²) in [4.78, 5) is 35.4. The summed E-state index contributed by atoms with van der Waals surface area (Å²) in [7, 11) is 0. The number of ether oxygens (including phenoxy) is 1. The third-order valence-electron chi connectivity index (χ3n) is 8.58. The Labute approximate surface area is 192 Å². The SMILES string of the molecule is CC(=O)OCC(=O)[C@@]1(O)[C@H](C)C[C@H]2[C@@H]3C=CC4=CC(=O)C=C[C@]4(C)[C@@]3(Cl)[C@@H](Cl)C[C@@]21C. The monoisotopic (exact) mass is 466 g/mol. The minimum Gasteiger partial charge on any atom is -0.458 e. The van der Waals surface area contributed by atoms with Crippen LogP contribution in [0.2, 0.25) is 0 Å². The van der Waals surface area contributed by atoms with E-state index in [1.807, 2.05) is 39.0 Å². The molecule has 0 amide bonds. The zero-order valence-electron chi connectivity index (χ0n) is 18.2. The molecule has 0 bridgehead atoms. The van der Waals surface area contributed by atoms with E-state index in [9.17, 15) is 19.5 Å². The van der Waals surface area contributed by atoms with Gasteiger partial charge in [0.1, 0.15) is 5.60 Å². The second-order valence-corrected chi connectivity index (χ2v) is 11.1. The van der Waals surface area contributed by atoms with E-state index in [4.69, 9.17) is 27.9 Å². The van der Waals surface area contributed by atoms with Gasteiger partial charge >= 0.3 is 5.97 Å². The van der Waals surface area contributed by atoms with Crippen LogP contribution in [0.1, 0.15) is 40.5 Å². The number of Topliss-reactive ketones (excluding diaryl/α,β-unsaturated/α-hetero) is 1. The second-order valence-electron chi connectivity index (χ2n) is 9.99. The van der Waals surface area contributed by atoms with Gasteiger partial charge in [-0.15, -0.1) is 23.2 Å². The summed E-state index contributed by atoms with van der Waals surface area (Å²) in [6.07, 6.45) is 9.84. The van der Waals surface area contributed by atoms with Crippen molar-refractivity contribution in [3.05, 3.63) is 36.0 Å². The Balaban J connectivity index is 1.80. The number of aliphatic hydroxyl groups is 1. The van der Waals surface area contributed by atoms with E-state index < -0.39 is 45.0 Å². The highest BCUT2D eigenvalue weighted by Gasteiger charge is 2.74. The largest absolute Gasteiger partial charge is 0.458 e. The van der Waals surface area contributed by atoms with Crippen LogP contribution in [0.25, 0.3) is 0 Å². The van der Waals surface area contributed by atoms with Gasteiger partial charge in [-0.1, -0.05) is 39.0 Å². The lowest BCUT2D eigenvalue weighted by molar-refractivity contribution is -0.170. The van der Waals surface area contributed by atoms with Gasteiger partial charge in [0.15, 0.2) is 12.4 Å². The summed E-state index contributed by atoms with van der Waals surface area (Å²) in [5, 5.41) is 11.2. The maximum atomic E-state index is 13.1. The quantitative estimate of drug-likeness (QED) is 0.505. The van der Waals surface area contributed by atoms with Crippen molar-refractivity contribution in [2.75, 3.05) is 6.61 Å². The lowest BCUT2D eigenvalue weighted by atomic mass is 9.48. The summed E-state index contributed by atoms with van der Waals surface area (Å²) in [5.74, 6) is -1.82. The van der Waals surface area contributed by atoms with Crippen LogP contribution in [0.4, 0.5) is 0 Å². The molecule has 168 valence electrons. The first-order chi connectivity index (χ1) is 14.3. The van der Waals surface area contributed by atoms with Crippen LogP contribution >= 0.6 is 23.2 Å². The Bertz CT molecular complexity index is 954. The molecule has 2 saturated carbocycles. The molecule has 0 aromatic heterocycles. The third-order valence-corrected chi connectivity index (χ3v) is 10.1. The minimum atomic E-state index is -1.68. The average Bonchev–Trinajstić information content (AvgIpc) is 2.89. The number of allylic oxidation sites excluding steroid dienone is 6. The van der Waals surface area contributed by atoms with E-state index in [-0.39, 0.29) is 23.5 Å². The first kappa shape index (κ1) is 22.8. The molecule has 5 nitrogen and oxygen atoms in total. The number of halogens is 2. The topological polar surface area (TPSA) is 80.7 Å². The second kappa shape index (κ2) is 7.03. The molecule has 2 fully saturated rings. The Morgan fingerprint density at radius 2 is 1.97 bits per heavy atom. The van der Waals surface area contributed by atoms with E-state index in [1.54, 1.807) is 6.08 Å². The first-order valence-electron chi connectivity index (χ1n) is 10.7. The maximum Gasteiger partial charge on any atom is 0.303 e. The van der Waals surface area contributed by atoms with Crippen LogP contribution in [0.3, 0.4) is 0 Å². The van der Waals surface area contributed by atoms with Crippen LogP contribution in [0.5, 0.6) is 0 Å². The zero-order chi connectivity index (χ0) is 23.0. The molecule has 8 atom stereocenters. The van der Waals surface area contributed by atoms with Crippen molar-refractivity contribution < 1.29 is 24.2 Å². The molecule has 0 aromatic rings. The molecule has 7 heteroatoms. The minimum absolute atomic E-state index is 0.0810. The molecule has 4 aliphatic carbocycles. The van der Waals surface area contributed by atoms with Crippen molar-refractivity contribution in [2.24, 2.45) is 28.6 Å². The third kappa shape index (κ3) is 2.75. The lowest BCUT2D eigenvalue weighted by Gasteiger charge is -2.62.